The topological polar surface area (TPSA) is 77.4 Å². The third kappa shape index (κ3) is 3.67. The molecule has 0 bridgehead atoms. The van der Waals surface area contributed by atoms with Gasteiger partial charge in [0, 0.05) is 18.8 Å². The second-order valence-corrected chi connectivity index (χ2v) is 5.25. The van der Waals surface area contributed by atoms with Crippen molar-refractivity contribution in [3.8, 4) is 0 Å². The zero-order valence-electron chi connectivity index (χ0n) is 11.7. The fraction of sp³-hybridized carbons (Fsp3) is 0.462. The van der Waals surface area contributed by atoms with E-state index in [4.69, 9.17) is 0 Å². The van der Waals surface area contributed by atoms with Crippen LogP contribution in [0.2, 0.25) is 0 Å². The molecular formula is C13H18N2O4. The van der Waals surface area contributed by atoms with E-state index < -0.39 is 23.2 Å². The Morgan fingerprint density at radius 2 is 1.84 bits per heavy atom. The third-order valence-electron chi connectivity index (χ3n) is 2.35. The average Bonchev–Trinajstić information content (AvgIpc) is 2.67. The van der Waals surface area contributed by atoms with Gasteiger partial charge in [-0.05, 0) is 26.8 Å². The fourth-order valence-electron chi connectivity index (χ4n) is 1.53. The Morgan fingerprint density at radius 1 is 1.26 bits per heavy atom. The highest BCUT2D eigenvalue weighted by atomic mass is 16.5. The summed E-state index contributed by atoms with van der Waals surface area (Å²) in [6.07, 6.45) is 1.45. The highest BCUT2D eigenvalue weighted by Gasteiger charge is 2.25. The van der Waals surface area contributed by atoms with Crippen molar-refractivity contribution < 1.29 is 19.1 Å². The lowest BCUT2D eigenvalue weighted by Gasteiger charge is -2.19. The maximum atomic E-state index is 12.0. The van der Waals surface area contributed by atoms with E-state index in [1.807, 2.05) is 0 Å². The monoisotopic (exact) mass is 266 g/mol. The number of aromatic nitrogens is 1. The number of amides is 1. The second-order valence-electron chi connectivity index (χ2n) is 5.25. The molecule has 1 aromatic heterocycles. The molecule has 1 aromatic rings. The molecule has 0 fully saturated rings. The summed E-state index contributed by atoms with van der Waals surface area (Å²) in [5.41, 5.74) is -0.123. The molecule has 1 amide bonds. The van der Waals surface area contributed by atoms with Gasteiger partial charge < -0.3 is 14.6 Å². The number of nitrogens with zero attached hydrogens (tertiary/aromatic N) is 1. The summed E-state index contributed by atoms with van der Waals surface area (Å²) in [4.78, 5) is 35.1. The summed E-state index contributed by atoms with van der Waals surface area (Å²) < 4.78 is 5.99. The number of rotatable bonds is 3. The summed E-state index contributed by atoms with van der Waals surface area (Å²) >= 11 is 0. The van der Waals surface area contributed by atoms with Crippen LogP contribution in [-0.4, -0.2) is 34.9 Å². The van der Waals surface area contributed by atoms with Gasteiger partial charge in [0.25, 0.3) is 11.7 Å². The predicted molar refractivity (Wildman–Crippen MR) is 69.0 cm³/mol. The summed E-state index contributed by atoms with van der Waals surface area (Å²) in [5, 5.41) is 2.58. The standard InChI is InChI=1S/C13H18N2O4/c1-13(2,3)14-11(17)10(16)9-6-8(7-15(9)4)12(18)19-5/h6-7H,1-5H3,(H,14,17). The van der Waals surface area contributed by atoms with E-state index in [0.29, 0.717) is 0 Å². The largest absolute Gasteiger partial charge is 0.465 e. The number of Topliss-reactive ketones (excluding diaryl/α,β-unsaturated/α-hetero) is 1. The number of carbonyl (C=O) groups is 3. The smallest absolute Gasteiger partial charge is 0.339 e. The number of hydrogen-bond acceptors (Lipinski definition) is 4. The number of ether oxygens (including phenoxy) is 1. The highest BCUT2D eigenvalue weighted by molar-refractivity contribution is 6.42. The molecule has 0 radical (unpaired) electrons. The van der Waals surface area contributed by atoms with Crippen LogP contribution in [0.25, 0.3) is 0 Å². The van der Waals surface area contributed by atoms with E-state index in [1.165, 1.54) is 23.9 Å². The second kappa shape index (κ2) is 5.26. The van der Waals surface area contributed by atoms with Crippen LogP contribution in [0.5, 0.6) is 0 Å². The lowest BCUT2D eigenvalue weighted by Crippen LogP contribution is -2.44. The van der Waals surface area contributed by atoms with Gasteiger partial charge in [0.15, 0.2) is 0 Å². The van der Waals surface area contributed by atoms with E-state index in [2.05, 4.69) is 10.1 Å². The van der Waals surface area contributed by atoms with E-state index in [1.54, 1.807) is 27.8 Å². The van der Waals surface area contributed by atoms with Gasteiger partial charge in [-0.15, -0.1) is 0 Å². The molecular weight excluding hydrogens is 248 g/mol. The lowest BCUT2D eigenvalue weighted by atomic mass is 10.1. The highest BCUT2D eigenvalue weighted by Crippen LogP contribution is 2.10. The van der Waals surface area contributed by atoms with Crippen LogP contribution in [0.4, 0.5) is 0 Å². The summed E-state index contributed by atoms with van der Waals surface area (Å²) in [6.45, 7) is 5.34. The van der Waals surface area contributed by atoms with Crippen molar-refractivity contribution >= 4 is 17.7 Å². The van der Waals surface area contributed by atoms with E-state index in [-0.39, 0.29) is 11.3 Å². The minimum atomic E-state index is -0.704. The number of carbonyl (C=O) groups excluding carboxylic acids is 3. The number of ketones is 1. The Kier molecular flexibility index (Phi) is 4.14. The van der Waals surface area contributed by atoms with E-state index >= 15 is 0 Å². The first-order valence-corrected chi connectivity index (χ1v) is 5.77. The van der Waals surface area contributed by atoms with Gasteiger partial charge in [0.2, 0.25) is 0 Å². The Hall–Kier alpha value is -2.11. The van der Waals surface area contributed by atoms with E-state index in [9.17, 15) is 14.4 Å². The SMILES string of the molecule is COC(=O)c1cc(C(=O)C(=O)NC(C)(C)C)n(C)c1. The fourth-order valence-corrected chi connectivity index (χ4v) is 1.53. The van der Waals surface area contributed by atoms with Crippen molar-refractivity contribution in [1.82, 2.24) is 9.88 Å². The van der Waals surface area contributed by atoms with Gasteiger partial charge in [-0.3, -0.25) is 9.59 Å². The zero-order valence-corrected chi connectivity index (χ0v) is 11.7. The van der Waals surface area contributed by atoms with Gasteiger partial charge >= 0.3 is 5.97 Å². The number of aryl methyl sites for hydroxylation is 1. The van der Waals surface area contributed by atoms with Crippen LogP contribution in [0.1, 0.15) is 41.6 Å². The number of nitrogens with one attached hydrogen (secondary N) is 1. The van der Waals surface area contributed by atoms with Crippen molar-refractivity contribution in [2.45, 2.75) is 26.3 Å². The van der Waals surface area contributed by atoms with Crippen LogP contribution in [0.15, 0.2) is 12.3 Å². The molecule has 1 rings (SSSR count). The molecule has 0 aliphatic rings. The lowest BCUT2D eigenvalue weighted by molar-refractivity contribution is -0.118. The van der Waals surface area contributed by atoms with Crippen LogP contribution < -0.4 is 5.32 Å². The first kappa shape index (κ1) is 14.9. The number of methoxy groups -OCH3 is 1. The molecule has 1 heterocycles. The normalized spacial score (nSPS) is 11.0. The molecule has 19 heavy (non-hydrogen) atoms. The van der Waals surface area contributed by atoms with Gasteiger partial charge in [-0.25, -0.2) is 4.79 Å². The van der Waals surface area contributed by atoms with Crippen LogP contribution in [0, 0.1) is 0 Å². The first-order chi connectivity index (χ1) is 8.65. The van der Waals surface area contributed by atoms with Gasteiger partial charge in [0.05, 0.1) is 18.4 Å². The first-order valence-electron chi connectivity index (χ1n) is 5.77. The average molecular weight is 266 g/mol. The van der Waals surface area contributed by atoms with E-state index in [0.717, 1.165) is 0 Å². The van der Waals surface area contributed by atoms with Gasteiger partial charge in [-0.1, -0.05) is 0 Å². The van der Waals surface area contributed by atoms with Crippen molar-refractivity contribution in [3.63, 3.8) is 0 Å². The van der Waals surface area contributed by atoms with Crippen LogP contribution in [0.3, 0.4) is 0 Å². The van der Waals surface area contributed by atoms with Crippen LogP contribution >= 0.6 is 0 Å². The Labute approximate surface area is 111 Å². The van der Waals surface area contributed by atoms with Crippen LogP contribution in [-0.2, 0) is 16.6 Å². The molecule has 0 unspecified atom stereocenters. The van der Waals surface area contributed by atoms with Gasteiger partial charge in [0.1, 0.15) is 0 Å². The molecule has 0 aliphatic carbocycles. The zero-order chi connectivity index (χ0) is 14.8. The van der Waals surface area contributed by atoms with Gasteiger partial charge in [-0.2, -0.15) is 0 Å². The third-order valence-corrected chi connectivity index (χ3v) is 2.35. The molecule has 104 valence electrons. The van der Waals surface area contributed by atoms with Crippen molar-refractivity contribution in [3.05, 3.63) is 23.5 Å². The number of esters is 1. The summed E-state index contributed by atoms with van der Waals surface area (Å²) in [6, 6.07) is 1.34. The Balaban J connectivity index is 2.98. The summed E-state index contributed by atoms with van der Waals surface area (Å²) in [5.74, 6) is -1.94. The Bertz CT molecular complexity index is 523. The molecule has 1 N–H and O–H groups in total. The maximum Gasteiger partial charge on any atom is 0.339 e. The minimum absolute atomic E-state index is 0.141. The van der Waals surface area contributed by atoms with Crippen molar-refractivity contribution in [2.75, 3.05) is 7.11 Å². The quantitative estimate of drug-likeness (QED) is 0.501. The molecule has 6 heteroatoms. The molecule has 0 atom stereocenters. The van der Waals surface area contributed by atoms with Crippen molar-refractivity contribution in [1.29, 1.82) is 0 Å². The molecule has 0 aromatic carbocycles. The molecule has 0 saturated heterocycles. The minimum Gasteiger partial charge on any atom is -0.465 e. The molecule has 0 aliphatic heterocycles. The molecule has 0 saturated carbocycles. The Morgan fingerprint density at radius 3 is 2.32 bits per heavy atom. The number of hydrogen-bond donors (Lipinski definition) is 1. The molecule has 6 nitrogen and oxygen atoms in total. The van der Waals surface area contributed by atoms with Crippen molar-refractivity contribution in [2.24, 2.45) is 7.05 Å². The maximum absolute atomic E-state index is 12.0. The summed E-state index contributed by atoms with van der Waals surface area (Å²) in [7, 11) is 2.84. The predicted octanol–water partition coefficient (Wildman–Crippen LogP) is 0.909. The molecule has 0 spiro atoms.